The van der Waals surface area contributed by atoms with Crippen molar-refractivity contribution in [2.24, 2.45) is 5.10 Å². The minimum Gasteiger partial charge on any atom is -0.317 e. The third-order valence-corrected chi connectivity index (χ3v) is 5.03. The van der Waals surface area contributed by atoms with Crippen LogP contribution in [0.4, 0.5) is 0 Å². The van der Waals surface area contributed by atoms with Crippen molar-refractivity contribution in [2.75, 3.05) is 0 Å². The number of allylic oxidation sites excluding steroid dienone is 1. The normalized spacial score (nSPS) is 11.7. The number of halogens is 1. The van der Waals surface area contributed by atoms with Crippen LogP contribution in [0.1, 0.15) is 20.8 Å². The molecule has 0 unspecified atom stereocenters. The van der Waals surface area contributed by atoms with Gasteiger partial charge in [-0.2, -0.15) is 5.10 Å². The number of benzene rings is 2. The summed E-state index contributed by atoms with van der Waals surface area (Å²) in [5.74, 6) is -0.911. The highest BCUT2D eigenvalue weighted by molar-refractivity contribution is 7.10. The molecule has 0 spiro atoms. The molecule has 0 aliphatic carbocycles. The van der Waals surface area contributed by atoms with Crippen LogP contribution in [0.2, 0.25) is 5.02 Å². The lowest BCUT2D eigenvalue weighted by Crippen LogP contribution is -2.32. The first-order chi connectivity index (χ1) is 14.6. The molecular formula is C23H18ClN3O2S. The Balaban J connectivity index is 1.68. The van der Waals surface area contributed by atoms with Crippen molar-refractivity contribution in [3.8, 4) is 0 Å². The first-order valence-electron chi connectivity index (χ1n) is 8.99. The molecule has 0 bridgehead atoms. The maximum atomic E-state index is 12.6. The van der Waals surface area contributed by atoms with Crippen molar-refractivity contribution in [1.29, 1.82) is 0 Å². The number of nitrogens with zero attached hydrogens (tertiary/aromatic N) is 1. The molecule has 0 aliphatic heterocycles. The average molecular weight is 436 g/mol. The monoisotopic (exact) mass is 435 g/mol. The van der Waals surface area contributed by atoms with Crippen LogP contribution in [0.5, 0.6) is 0 Å². The first-order valence-corrected chi connectivity index (χ1v) is 10.3. The Morgan fingerprint density at radius 1 is 0.967 bits per heavy atom. The fourth-order valence-corrected chi connectivity index (χ4v) is 3.27. The number of carbonyl (C=O) groups excluding carboxylic acids is 2. The summed E-state index contributed by atoms with van der Waals surface area (Å²) >= 11 is 7.54. The second-order valence-electron chi connectivity index (χ2n) is 5.99. The van der Waals surface area contributed by atoms with E-state index in [2.05, 4.69) is 15.8 Å². The third-order valence-electron chi connectivity index (χ3n) is 3.87. The Bertz CT molecular complexity index is 1090. The van der Waals surface area contributed by atoms with E-state index in [1.54, 1.807) is 48.6 Å². The van der Waals surface area contributed by atoms with Gasteiger partial charge in [0.2, 0.25) is 0 Å². The van der Waals surface area contributed by atoms with Crippen LogP contribution in [-0.4, -0.2) is 18.0 Å². The summed E-state index contributed by atoms with van der Waals surface area (Å²) in [6.45, 7) is 0. The Labute approximate surface area is 183 Å². The molecule has 150 valence electrons. The van der Waals surface area contributed by atoms with Gasteiger partial charge in [0, 0.05) is 21.7 Å². The van der Waals surface area contributed by atoms with E-state index in [1.807, 2.05) is 41.8 Å². The van der Waals surface area contributed by atoms with E-state index >= 15 is 0 Å². The van der Waals surface area contributed by atoms with Gasteiger partial charge in [-0.05, 0) is 47.4 Å². The number of amides is 2. The second-order valence-corrected chi connectivity index (χ2v) is 7.38. The van der Waals surface area contributed by atoms with Crippen LogP contribution >= 0.6 is 22.9 Å². The fraction of sp³-hybridized carbons (Fsp3) is 0. The Morgan fingerprint density at radius 2 is 1.73 bits per heavy atom. The van der Waals surface area contributed by atoms with Crippen molar-refractivity contribution in [3.05, 3.63) is 105 Å². The Hall–Kier alpha value is -3.48. The van der Waals surface area contributed by atoms with E-state index in [1.165, 1.54) is 17.6 Å². The second kappa shape index (κ2) is 10.9. The van der Waals surface area contributed by atoms with Crippen LogP contribution in [0.3, 0.4) is 0 Å². The molecule has 0 radical (unpaired) electrons. The highest BCUT2D eigenvalue weighted by atomic mass is 35.5. The number of rotatable bonds is 7. The maximum Gasteiger partial charge on any atom is 0.287 e. The zero-order valence-electron chi connectivity index (χ0n) is 15.8. The summed E-state index contributed by atoms with van der Waals surface area (Å²) < 4.78 is 0. The minimum absolute atomic E-state index is 0.0959. The number of hydrogen-bond acceptors (Lipinski definition) is 4. The molecular weight excluding hydrogens is 418 g/mol. The predicted molar refractivity (Wildman–Crippen MR) is 123 cm³/mol. The van der Waals surface area contributed by atoms with Gasteiger partial charge in [0.15, 0.2) is 0 Å². The third kappa shape index (κ3) is 6.27. The smallest absolute Gasteiger partial charge is 0.287 e. The van der Waals surface area contributed by atoms with Crippen LogP contribution in [0, 0.1) is 0 Å². The molecule has 2 N–H and O–H groups in total. The molecule has 30 heavy (non-hydrogen) atoms. The van der Waals surface area contributed by atoms with Gasteiger partial charge in [0.25, 0.3) is 11.8 Å². The Kier molecular flexibility index (Phi) is 7.71. The maximum absolute atomic E-state index is 12.6. The lowest BCUT2D eigenvalue weighted by atomic mass is 10.2. The van der Waals surface area contributed by atoms with Crippen LogP contribution in [0.15, 0.2) is 89.0 Å². The first kappa shape index (κ1) is 21.2. The van der Waals surface area contributed by atoms with Gasteiger partial charge in [-0.25, -0.2) is 5.43 Å². The molecule has 0 fully saturated rings. The summed E-state index contributed by atoms with van der Waals surface area (Å²) in [4.78, 5) is 25.9. The van der Waals surface area contributed by atoms with E-state index in [0.29, 0.717) is 10.6 Å². The average Bonchev–Trinajstić information content (AvgIpc) is 3.28. The molecule has 2 amide bonds. The molecule has 0 saturated carbocycles. The van der Waals surface area contributed by atoms with E-state index < -0.39 is 5.91 Å². The SMILES string of the molecule is O=C(N/N=C\C=C\c1ccccc1Cl)/C(=C/c1cccs1)NC(=O)c1ccccc1. The summed E-state index contributed by atoms with van der Waals surface area (Å²) in [5.41, 5.74) is 3.81. The van der Waals surface area contributed by atoms with E-state index in [-0.39, 0.29) is 11.6 Å². The molecule has 3 aromatic rings. The highest BCUT2D eigenvalue weighted by Crippen LogP contribution is 2.16. The largest absolute Gasteiger partial charge is 0.317 e. The highest BCUT2D eigenvalue weighted by Gasteiger charge is 2.14. The van der Waals surface area contributed by atoms with Crippen molar-refractivity contribution >= 4 is 53.1 Å². The predicted octanol–water partition coefficient (Wildman–Crippen LogP) is 4.99. The Morgan fingerprint density at radius 3 is 2.47 bits per heavy atom. The van der Waals surface area contributed by atoms with Gasteiger partial charge in [-0.1, -0.05) is 60.1 Å². The van der Waals surface area contributed by atoms with Gasteiger partial charge in [-0.15, -0.1) is 11.3 Å². The van der Waals surface area contributed by atoms with E-state index in [0.717, 1.165) is 10.4 Å². The number of hydrogen-bond donors (Lipinski definition) is 2. The molecule has 1 aromatic heterocycles. The van der Waals surface area contributed by atoms with E-state index in [4.69, 9.17) is 11.6 Å². The van der Waals surface area contributed by atoms with Crippen LogP contribution in [-0.2, 0) is 4.79 Å². The lowest BCUT2D eigenvalue weighted by Gasteiger charge is -2.08. The van der Waals surface area contributed by atoms with Crippen molar-refractivity contribution in [3.63, 3.8) is 0 Å². The summed E-state index contributed by atoms with van der Waals surface area (Å²) in [6, 6.07) is 19.8. The van der Waals surface area contributed by atoms with Crippen LogP contribution < -0.4 is 10.7 Å². The molecule has 5 nitrogen and oxygen atoms in total. The van der Waals surface area contributed by atoms with Gasteiger partial charge < -0.3 is 5.32 Å². The quantitative estimate of drug-likeness (QED) is 0.312. The van der Waals surface area contributed by atoms with E-state index in [9.17, 15) is 9.59 Å². The topological polar surface area (TPSA) is 70.6 Å². The number of carbonyl (C=O) groups is 2. The molecule has 0 atom stereocenters. The molecule has 7 heteroatoms. The summed E-state index contributed by atoms with van der Waals surface area (Å²) in [6.07, 6.45) is 6.48. The van der Waals surface area contributed by atoms with Gasteiger partial charge in [0.1, 0.15) is 5.70 Å². The molecule has 0 aliphatic rings. The summed E-state index contributed by atoms with van der Waals surface area (Å²) in [7, 11) is 0. The van der Waals surface area contributed by atoms with Crippen LogP contribution in [0.25, 0.3) is 12.2 Å². The molecule has 0 saturated heterocycles. The van der Waals surface area contributed by atoms with Gasteiger partial charge >= 0.3 is 0 Å². The fourth-order valence-electron chi connectivity index (χ4n) is 2.41. The molecule has 2 aromatic carbocycles. The van der Waals surface area contributed by atoms with Crippen molar-refractivity contribution in [1.82, 2.24) is 10.7 Å². The van der Waals surface area contributed by atoms with Gasteiger partial charge in [0.05, 0.1) is 0 Å². The lowest BCUT2D eigenvalue weighted by molar-refractivity contribution is -0.117. The molecule has 1 heterocycles. The number of hydrazone groups is 1. The van der Waals surface area contributed by atoms with Crippen molar-refractivity contribution in [2.45, 2.75) is 0 Å². The summed E-state index contributed by atoms with van der Waals surface area (Å²) in [5, 5.41) is 9.06. The van der Waals surface area contributed by atoms with Gasteiger partial charge in [-0.3, -0.25) is 9.59 Å². The van der Waals surface area contributed by atoms with Crippen molar-refractivity contribution < 1.29 is 9.59 Å². The standard InChI is InChI=1S/C23H18ClN3O2S/c24-20-13-5-4-8-17(20)11-6-14-25-27-23(29)21(16-19-12-7-15-30-19)26-22(28)18-9-2-1-3-10-18/h1-16H,(H,26,28)(H,27,29)/b11-6+,21-16-,25-14-. The zero-order chi connectivity index (χ0) is 21.2. The zero-order valence-corrected chi connectivity index (χ0v) is 17.4. The number of nitrogens with one attached hydrogen (secondary N) is 2. The molecule has 3 rings (SSSR count). The number of thiophene rings is 1. The minimum atomic E-state index is -0.532.